The van der Waals surface area contributed by atoms with Crippen LogP contribution in [0.15, 0.2) is 16.3 Å². The van der Waals surface area contributed by atoms with Gasteiger partial charge in [0.2, 0.25) is 0 Å². The number of nitrogens with one attached hydrogen (secondary N) is 1. The van der Waals surface area contributed by atoms with Crippen LogP contribution >= 0.6 is 11.3 Å². The molecule has 1 atom stereocenters. The monoisotopic (exact) mass is 318 g/mol. The Bertz CT molecular complexity index is 530. The number of thiophene rings is 1. The molecule has 1 N–H and O–H groups in total. The standard InChI is InChI=1S/C14H26N2O2S2/c1-11(14(2,3)4)16(6)20(17,18)13-8-7-12(19-13)9-10-15-5/h7-8,11,15H,9-10H2,1-6H3. The summed E-state index contributed by atoms with van der Waals surface area (Å²) in [6.45, 7) is 8.96. The highest BCUT2D eigenvalue weighted by molar-refractivity contribution is 7.91. The van der Waals surface area contributed by atoms with E-state index in [1.807, 2.05) is 20.0 Å². The Morgan fingerprint density at radius 1 is 1.35 bits per heavy atom. The molecule has 1 rings (SSSR count). The second kappa shape index (κ2) is 6.56. The summed E-state index contributed by atoms with van der Waals surface area (Å²) in [5.74, 6) is 0. The topological polar surface area (TPSA) is 49.4 Å². The molecular weight excluding hydrogens is 292 g/mol. The minimum Gasteiger partial charge on any atom is -0.319 e. The average Bonchev–Trinajstić information content (AvgIpc) is 2.82. The van der Waals surface area contributed by atoms with E-state index in [2.05, 4.69) is 26.1 Å². The third-order valence-corrected chi connectivity index (χ3v) is 7.23. The van der Waals surface area contributed by atoms with E-state index in [0.29, 0.717) is 4.21 Å². The van der Waals surface area contributed by atoms with Crippen molar-refractivity contribution in [2.24, 2.45) is 5.41 Å². The van der Waals surface area contributed by atoms with Gasteiger partial charge in [-0.15, -0.1) is 11.3 Å². The molecule has 0 saturated heterocycles. The first-order valence-electron chi connectivity index (χ1n) is 6.82. The summed E-state index contributed by atoms with van der Waals surface area (Å²) in [7, 11) is 0.164. The van der Waals surface area contributed by atoms with Crippen LogP contribution in [0.3, 0.4) is 0 Å². The van der Waals surface area contributed by atoms with Crippen LogP contribution in [0.25, 0.3) is 0 Å². The van der Waals surface area contributed by atoms with Gasteiger partial charge in [-0.05, 0) is 44.5 Å². The summed E-state index contributed by atoms with van der Waals surface area (Å²) < 4.78 is 27.2. The Morgan fingerprint density at radius 3 is 2.45 bits per heavy atom. The van der Waals surface area contributed by atoms with E-state index in [-0.39, 0.29) is 11.5 Å². The maximum absolute atomic E-state index is 12.6. The molecule has 4 nitrogen and oxygen atoms in total. The summed E-state index contributed by atoms with van der Waals surface area (Å²) in [6.07, 6.45) is 0.856. The fourth-order valence-corrected chi connectivity index (χ4v) is 4.86. The zero-order valence-electron chi connectivity index (χ0n) is 13.2. The van der Waals surface area contributed by atoms with Crippen molar-refractivity contribution in [3.63, 3.8) is 0 Å². The van der Waals surface area contributed by atoms with Gasteiger partial charge < -0.3 is 5.32 Å². The average molecular weight is 319 g/mol. The molecule has 0 spiro atoms. The number of nitrogens with zero attached hydrogens (tertiary/aromatic N) is 1. The van der Waals surface area contributed by atoms with Gasteiger partial charge in [-0.2, -0.15) is 4.31 Å². The van der Waals surface area contributed by atoms with E-state index in [1.165, 1.54) is 15.6 Å². The van der Waals surface area contributed by atoms with Gasteiger partial charge in [-0.3, -0.25) is 0 Å². The molecule has 0 bridgehead atoms. The van der Waals surface area contributed by atoms with Crippen LogP contribution < -0.4 is 5.32 Å². The van der Waals surface area contributed by atoms with Gasteiger partial charge >= 0.3 is 0 Å². The first kappa shape index (κ1) is 17.6. The van der Waals surface area contributed by atoms with Gasteiger partial charge in [-0.1, -0.05) is 20.8 Å². The highest BCUT2D eigenvalue weighted by Gasteiger charge is 2.33. The lowest BCUT2D eigenvalue weighted by molar-refractivity contribution is 0.217. The van der Waals surface area contributed by atoms with Crippen molar-refractivity contribution in [3.8, 4) is 0 Å². The first-order valence-corrected chi connectivity index (χ1v) is 9.07. The largest absolute Gasteiger partial charge is 0.319 e. The first-order chi connectivity index (χ1) is 9.10. The molecule has 116 valence electrons. The van der Waals surface area contributed by atoms with E-state index in [0.717, 1.165) is 17.8 Å². The van der Waals surface area contributed by atoms with Crippen LogP contribution in [0.1, 0.15) is 32.6 Å². The molecule has 1 aromatic heterocycles. The summed E-state index contributed by atoms with van der Waals surface area (Å²) in [6, 6.07) is 3.57. The van der Waals surface area contributed by atoms with Crippen LogP contribution in [-0.2, 0) is 16.4 Å². The molecule has 0 aromatic carbocycles. The van der Waals surface area contributed by atoms with Gasteiger partial charge in [0.15, 0.2) is 0 Å². The van der Waals surface area contributed by atoms with Crippen LogP contribution in [-0.4, -0.2) is 39.4 Å². The number of sulfonamides is 1. The molecule has 0 saturated carbocycles. The normalized spacial score (nSPS) is 14.8. The van der Waals surface area contributed by atoms with E-state index >= 15 is 0 Å². The van der Waals surface area contributed by atoms with Crippen LogP contribution in [0, 0.1) is 5.41 Å². The van der Waals surface area contributed by atoms with Gasteiger partial charge in [-0.25, -0.2) is 8.42 Å². The van der Waals surface area contributed by atoms with Gasteiger partial charge in [0.05, 0.1) is 0 Å². The lowest BCUT2D eigenvalue weighted by Gasteiger charge is -2.34. The lowest BCUT2D eigenvalue weighted by Crippen LogP contribution is -2.42. The smallest absolute Gasteiger partial charge is 0.252 e. The highest BCUT2D eigenvalue weighted by atomic mass is 32.2. The summed E-state index contributed by atoms with van der Waals surface area (Å²) in [5.41, 5.74) is -0.0892. The summed E-state index contributed by atoms with van der Waals surface area (Å²) in [4.78, 5) is 1.09. The van der Waals surface area contributed by atoms with E-state index in [1.54, 1.807) is 13.1 Å². The van der Waals surface area contributed by atoms with E-state index < -0.39 is 10.0 Å². The molecule has 0 aliphatic carbocycles. The molecular formula is C14H26N2O2S2. The van der Waals surface area contributed by atoms with E-state index in [9.17, 15) is 8.42 Å². The minimum absolute atomic E-state index is 0.0599. The van der Waals surface area contributed by atoms with E-state index in [4.69, 9.17) is 0 Å². The van der Waals surface area contributed by atoms with Crippen molar-refractivity contribution in [2.75, 3.05) is 20.6 Å². The van der Waals surface area contributed by atoms with Crippen LogP contribution in [0.5, 0.6) is 0 Å². The SMILES string of the molecule is CNCCc1ccc(S(=O)(=O)N(C)C(C)C(C)(C)C)s1. The fraction of sp³-hybridized carbons (Fsp3) is 0.714. The molecule has 0 aliphatic heterocycles. The Hall–Kier alpha value is -0.430. The molecule has 0 fully saturated rings. The third-order valence-electron chi connectivity index (χ3n) is 3.69. The van der Waals surface area contributed by atoms with Crippen molar-refractivity contribution < 1.29 is 8.42 Å². The zero-order chi connectivity index (χ0) is 15.6. The van der Waals surface area contributed by atoms with Crippen molar-refractivity contribution in [1.29, 1.82) is 0 Å². The number of hydrogen-bond donors (Lipinski definition) is 1. The highest BCUT2D eigenvalue weighted by Crippen LogP contribution is 2.30. The molecule has 1 aromatic rings. The van der Waals surface area contributed by atoms with Crippen molar-refractivity contribution in [2.45, 2.75) is 44.4 Å². The van der Waals surface area contributed by atoms with Crippen LogP contribution in [0.2, 0.25) is 0 Å². The van der Waals surface area contributed by atoms with Gasteiger partial charge in [0, 0.05) is 18.0 Å². The second-order valence-corrected chi connectivity index (χ2v) is 9.53. The minimum atomic E-state index is -3.39. The Balaban J connectivity index is 2.96. The molecule has 0 aliphatic rings. The van der Waals surface area contributed by atoms with Crippen LogP contribution in [0.4, 0.5) is 0 Å². The predicted octanol–water partition coefficient (Wildman–Crippen LogP) is 2.57. The number of rotatable bonds is 6. The van der Waals surface area contributed by atoms with Gasteiger partial charge in [0.25, 0.3) is 10.0 Å². The van der Waals surface area contributed by atoms with Crippen molar-refractivity contribution in [3.05, 3.63) is 17.0 Å². The Kier molecular flexibility index (Phi) is 5.78. The summed E-state index contributed by atoms with van der Waals surface area (Å²) >= 11 is 1.37. The molecule has 20 heavy (non-hydrogen) atoms. The number of hydrogen-bond acceptors (Lipinski definition) is 4. The molecule has 0 amide bonds. The maximum Gasteiger partial charge on any atom is 0.252 e. The maximum atomic E-state index is 12.6. The fourth-order valence-electron chi connectivity index (χ4n) is 1.77. The second-order valence-electron chi connectivity index (χ2n) is 6.14. The molecule has 1 unspecified atom stereocenters. The molecule has 0 radical (unpaired) electrons. The quantitative estimate of drug-likeness (QED) is 0.877. The van der Waals surface area contributed by atoms with Crippen molar-refractivity contribution >= 4 is 21.4 Å². The molecule has 6 heteroatoms. The van der Waals surface area contributed by atoms with Crippen molar-refractivity contribution in [1.82, 2.24) is 9.62 Å². The Morgan fingerprint density at radius 2 is 1.95 bits per heavy atom. The zero-order valence-corrected chi connectivity index (χ0v) is 14.9. The predicted molar refractivity (Wildman–Crippen MR) is 85.8 cm³/mol. The molecule has 1 heterocycles. The van der Waals surface area contributed by atoms with Gasteiger partial charge in [0.1, 0.15) is 4.21 Å². The summed E-state index contributed by atoms with van der Waals surface area (Å²) in [5, 5.41) is 3.07. The Labute approximate surface area is 127 Å². The number of likely N-dealkylation sites (N-methyl/N-ethyl adjacent to an activating group) is 1. The third kappa shape index (κ3) is 4.04. The lowest BCUT2D eigenvalue weighted by atomic mass is 9.88.